The van der Waals surface area contributed by atoms with Crippen molar-refractivity contribution in [3.63, 3.8) is 0 Å². The molecule has 1 N–H and O–H groups in total. The van der Waals surface area contributed by atoms with Crippen LogP contribution >= 0.6 is 12.4 Å². The van der Waals surface area contributed by atoms with Gasteiger partial charge in [-0.05, 0) is 12.1 Å². The molecule has 0 aliphatic carbocycles. The second-order valence-electron chi connectivity index (χ2n) is 5.94. The smallest absolute Gasteiger partial charge is 0.253 e. The third-order valence-corrected chi connectivity index (χ3v) is 4.35. The summed E-state index contributed by atoms with van der Waals surface area (Å²) in [5.41, 5.74) is 0.703. The summed E-state index contributed by atoms with van der Waals surface area (Å²) in [6.07, 6.45) is 0.389. The van der Waals surface area contributed by atoms with Gasteiger partial charge >= 0.3 is 0 Å². The fourth-order valence-electron chi connectivity index (χ4n) is 3.00. The molecule has 24 heavy (non-hydrogen) atoms. The molecule has 2 aliphatic heterocycles. The standard InChI is InChI=1S/C17H23N3O3.ClH/c21-16(12-15-13-18-6-11-23-15)19-7-9-20(10-8-19)17(22)14-4-2-1-3-5-14;/h1-5,15,18H,6-13H2;1H. The molecule has 0 radical (unpaired) electrons. The lowest BCUT2D eigenvalue weighted by atomic mass is 10.1. The lowest BCUT2D eigenvalue weighted by Crippen LogP contribution is -2.51. The molecular formula is C17H24ClN3O3. The Morgan fingerprint density at radius 2 is 1.75 bits per heavy atom. The summed E-state index contributed by atoms with van der Waals surface area (Å²) in [6.45, 7) is 4.61. The van der Waals surface area contributed by atoms with Crippen molar-refractivity contribution >= 4 is 24.2 Å². The topological polar surface area (TPSA) is 61.9 Å². The maximum absolute atomic E-state index is 12.4. The second-order valence-corrected chi connectivity index (χ2v) is 5.94. The van der Waals surface area contributed by atoms with Crippen LogP contribution in [0.3, 0.4) is 0 Å². The minimum absolute atomic E-state index is 0. The van der Waals surface area contributed by atoms with Gasteiger partial charge in [0, 0.05) is 44.8 Å². The minimum atomic E-state index is -0.0276. The molecule has 2 saturated heterocycles. The zero-order valence-corrected chi connectivity index (χ0v) is 14.5. The number of hydrogen-bond acceptors (Lipinski definition) is 4. The van der Waals surface area contributed by atoms with Crippen LogP contribution in [0.2, 0.25) is 0 Å². The normalized spacial score (nSPS) is 21.1. The van der Waals surface area contributed by atoms with Gasteiger partial charge in [-0.15, -0.1) is 12.4 Å². The largest absolute Gasteiger partial charge is 0.375 e. The van der Waals surface area contributed by atoms with E-state index in [0.717, 1.165) is 13.1 Å². The van der Waals surface area contributed by atoms with Crippen LogP contribution in [0.4, 0.5) is 0 Å². The number of benzene rings is 1. The first-order valence-electron chi connectivity index (χ1n) is 8.18. The molecule has 0 saturated carbocycles. The van der Waals surface area contributed by atoms with E-state index in [4.69, 9.17) is 4.74 Å². The van der Waals surface area contributed by atoms with Crippen molar-refractivity contribution in [2.75, 3.05) is 45.9 Å². The zero-order chi connectivity index (χ0) is 16.1. The third-order valence-electron chi connectivity index (χ3n) is 4.35. The highest BCUT2D eigenvalue weighted by Crippen LogP contribution is 2.11. The molecule has 0 spiro atoms. The summed E-state index contributed by atoms with van der Waals surface area (Å²) in [5, 5.41) is 3.23. The van der Waals surface area contributed by atoms with Crippen LogP contribution in [-0.2, 0) is 9.53 Å². The maximum Gasteiger partial charge on any atom is 0.253 e. The lowest BCUT2D eigenvalue weighted by molar-refractivity contribution is -0.136. The Morgan fingerprint density at radius 3 is 2.38 bits per heavy atom. The van der Waals surface area contributed by atoms with Crippen LogP contribution < -0.4 is 5.32 Å². The van der Waals surface area contributed by atoms with Gasteiger partial charge in [0.25, 0.3) is 5.91 Å². The van der Waals surface area contributed by atoms with E-state index in [1.807, 2.05) is 40.1 Å². The third kappa shape index (κ3) is 4.69. The monoisotopic (exact) mass is 353 g/mol. The number of morpholine rings is 1. The Labute approximate surface area is 148 Å². The molecule has 3 rings (SSSR count). The molecule has 1 unspecified atom stereocenters. The van der Waals surface area contributed by atoms with Gasteiger partial charge in [-0.25, -0.2) is 0 Å². The Hall–Kier alpha value is -1.63. The average Bonchev–Trinajstić information content (AvgIpc) is 2.63. The van der Waals surface area contributed by atoms with E-state index in [9.17, 15) is 9.59 Å². The number of piperazine rings is 1. The number of ether oxygens (including phenoxy) is 1. The highest BCUT2D eigenvalue weighted by atomic mass is 35.5. The van der Waals surface area contributed by atoms with Crippen molar-refractivity contribution in [3.8, 4) is 0 Å². The lowest BCUT2D eigenvalue weighted by Gasteiger charge is -2.35. The van der Waals surface area contributed by atoms with Crippen molar-refractivity contribution in [1.29, 1.82) is 0 Å². The van der Waals surface area contributed by atoms with Gasteiger partial charge in [0.05, 0.1) is 19.1 Å². The van der Waals surface area contributed by atoms with Crippen molar-refractivity contribution in [2.24, 2.45) is 0 Å². The Balaban J connectivity index is 0.00000208. The number of nitrogens with one attached hydrogen (secondary N) is 1. The highest BCUT2D eigenvalue weighted by Gasteiger charge is 2.27. The quantitative estimate of drug-likeness (QED) is 0.872. The number of carbonyl (C=O) groups is 2. The maximum atomic E-state index is 12.4. The Bertz CT molecular complexity index is 541. The molecule has 2 amide bonds. The minimum Gasteiger partial charge on any atom is -0.375 e. The van der Waals surface area contributed by atoms with E-state index < -0.39 is 0 Å². The van der Waals surface area contributed by atoms with Crippen molar-refractivity contribution < 1.29 is 14.3 Å². The molecule has 2 aliphatic rings. The van der Waals surface area contributed by atoms with Crippen LogP contribution in [0.5, 0.6) is 0 Å². The Morgan fingerprint density at radius 1 is 1.08 bits per heavy atom. The molecule has 2 fully saturated rings. The number of halogens is 1. The van der Waals surface area contributed by atoms with E-state index in [0.29, 0.717) is 44.8 Å². The first kappa shape index (κ1) is 18.7. The van der Waals surface area contributed by atoms with Gasteiger partial charge in [-0.1, -0.05) is 18.2 Å². The summed E-state index contributed by atoms with van der Waals surface area (Å²) >= 11 is 0. The van der Waals surface area contributed by atoms with Crippen LogP contribution in [0.1, 0.15) is 16.8 Å². The van der Waals surface area contributed by atoms with Gasteiger partial charge in [0.2, 0.25) is 5.91 Å². The summed E-state index contributed by atoms with van der Waals surface area (Å²) < 4.78 is 5.58. The van der Waals surface area contributed by atoms with Crippen molar-refractivity contribution in [3.05, 3.63) is 35.9 Å². The predicted molar refractivity (Wildman–Crippen MR) is 93.4 cm³/mol. The van der Waals surface area contributed by atoms with E-state index in [1.165, 1.54) is 0 Å². The summed E-state index contributed by atoms with van der Waals surface area (Å²) in [5.74, 6) is 0.156. The molecule has 7 heteroatoms. The fourth-order valence-corrected chi connectivity index (χ4v) is 3.00. The Kier molecular flexibility index (Phi) is 7.02. The van der Waals surface area contributed by atoms with Crippen LogP contribution in [0.15, 0.2) is 30.3 Å². The van der Waals surface area contributed by atoms with Crippen molar-refractivity contribution in [1.82, 2.24) is 15.1 Å². The van der Waals surface area contributed by atoms with Crippen LogP contribution in [0, 0.1) is 0 Å². The summed E-state index contributed by atoms with van der Waals surface area (Å²) in [4.78, 5) is 28.4. The average molecular weight is 354 g/mol. The van der Waals surface area contributed by atoms with Gasteiger partial charge < -0.3 is 19.9 Å². The van der Waals surface area contributed by atoms with E-state index >= 15 is 0 Å². The summed E-state index contributed by atoms with van der Waals surface area (Å²) in [7, 11) is 0. The van der Waals surface area contributed by atoms with E-state index in [1.54, 1.807) is 0 Å². The highest BCUT2D eigenvalue weighted by molar-refractivity contribution is 5.94. The van der Waals surface area contributed by atoms with Crippen molar-refractivity contribution in [2.45, 2.75) is 12.5 Å². The van der Waals surface area contributed by atoms with Gasteiger partial charge in [-0.2, -0.15) is 0 Å². The molecule has 1 aromatic rings. The molecule has 1 atom stereocenters. The molecule has 1 aromatic carbocycles. The van der Waals surface area contributed by atoms with Gasteiger partial charge in [0.15, 0.2) is 0 Å². The number of amides is 2. The molecule has 2 heterocycles. The number of rotatable bonds is 3. The van der Waals surface area contributed by atoms with Gasteiger partial charge in [-0.3, -0.25) is 9.59 Å². The SMILES string of the molecule is Cl.O=C(CC1CNCCO1)N1CCN(C(=O)c2ccccc2)CC1. The first-order valence-corrected chi connectivity index (χ1v) is 8.18. The van der Waals surface area contributed by atoms with E-state index in [2.05, 4.69) is 5.32 Å². The molecule has 0 aromatic heterocycles. The fraction of sp³-hybridized carbons (Fsp3) is 0.529. The molecule has 0 bridgehead atoms. The first-order chi connectivity index (χ1) is 11.2. The van der Waals surface area contributed by atoms with Gasteiger partial charge in [0.1, 0.15) is 0 Å². The van der Waals surface area contributed by atoms with Crippen LogP contribution in [-0.4, -0.2) is 73.6 Å². The molecular weight excluding hydrogens is 330 g/mol. The zero-order valence-electron chi connectivity index (χ0n) is 13.6. The predicted octanol–water partition coefficient (Wildman–Crippen LogP) is 0.771. The number of carbonyl (C=O) groups excluding carboxylic acids is 2. The number of hydrogen-bond donors (Lipinski definition) is 1. The second kappa shape index (κ2) is 9.01. The summed E-state index contributed by atoms with van der Waals surface area (Å²) in [6, 6.07) is 9.28. The number of nitrogens with zero attached hydrogens (tertiary/aromatic N) is 2. The van der Waals surface area contributed by atoms with Crippen LogP contribution in [0.25, 0.3) is 0 Å². The molecule has 132 valence electrons. The molecule has 6 nitrogen and oxygen atoms in total. The van der Waals surface area contributed by atoms with E-state index in [-0.39, 0.29) is 30.3 Å².